The van der Waals surface area contributed by atoms with Gasteiger partial charge < -0.3 is 11.5 Å². The molecule has 0 spiro atoms. The summed E-state index contributed by atoms with van der Waals surface area (Å²) in [4.78, 5) is 2.50. The monoisotopic (exact) mass is 220 g/mol. The lowest BCUT2D eigenvalue weighted by Gasteiger charge is -2.04. The highest BCUT2D eigenvalue weighted by Crippen LogP contribution is 2.29. The minimum atomic E-state index is 0.946. The number of aryl methyl sites for hydroxylation is 1. The summed E-state index contributed by atoms with van der Waals surface area (Å²) in [6.45, 7) is 4.09. The van der Waals surface area contributed by atoms with Crippen LogP contribution in [0, 0.1) is 6.92 Å². The van der Waals surface area contributed by atoms with Crippen molar-refractivity contribution < 1.29 is 0 Å². The summed E-state index contributed by atoms with van der Waals surface area (Å²) in [5, 5.41) is 0. The van der Waals surface area contributed by atoms with E-state index in [1.165, 1.54) is 16.0 Å². The highest BCUT2D eigenvalue weighted by Gasteiger charge is 2.06. The van der Waals surface area contributed by atoms with Crippen molar-refractivity contribution >= 4 is 16.9 Å². The Morgan fingerprint density at radius 3 is 2.47 bits per heavy atom. The first-order chi connectivity index (χ1) is 7.22. The molecule has 1 rings (SSSR count). The second-order valence-electron chi connectivity index (χ2n) is 3.09. The number of thiophene rings is 1. The van der Waals surface area contributed by atoms with Gasteiger partial charge in [-0.2, -0.15) is 0 Å². The molecular weight excluding hydrogens is 204 g/mol. The van der Waals surface area contributed by atoms with Gasteiger partial charge in [-0.25, -0.2) is 0 Å². The average Bonchev–Trinajstić information content (AvgIpc) is 2.64. The number of rotatable bonds is 3. The van der Waals surface area contributed by atoms with Gasteiger partial charge in [0.1, 0.15) is 0 Å². The lowest BCUT2D eigenvalue weighted by molar-refractivity contribution is 1.49. The molecule has 0 atom stereocenters. The van der Waals surface area contributed by atoms with Gasteiger partial charge >= 0.3 is 0 Å². The van der Waals surface area contributed by atoms with Gasteiger partial charge in [-0.3, -0.25) is 0 Å². The van der Waals surface area contributed by atoms with Crippen LogP contribution in [0.2, 0.25) is 0 Å². The quantitative estimate of drug-likeness (QED) is 0.770. The summed E-state index contributed by atoms with van der Waals surface area (Å²) in [5.41, 5.74) is 13.0. The van der Waals surface area contributed by atoms with Gasteiger partial charge in [0.25, 0.3) is 0 Å². The first-order valence-corrected chi connectivity index (χ1v) is 5.58. The summed E-state index contributed by atoms with van der Waals surface area (Å²) < 4.78 is 0. The predicted molar refractivity (Wildman–Crippen MR) is 68.3 cm³/mol. The van der Waals surface area contributed by atoms with Crippen molar-refractivity contribution in [1.29, 1.82) is 0 Å². The van der Waals surface area contributed by atoms with Crippen LogP contribution in [0.3, 0.4) is 0 Å². The maximum absolute atomic E-state index is 5.57. The maximum atomic E-state index is 5.57. The third-order valence-electron chi connectivity index (χ3n) is 2.06. The van der Waals surface area contributed by atoms with Crippen LogP contribution in [0.15, 0.2) is 42.3 Å². The van der Waals surface area contributed by atoms with Gasteiger partial charge in [0.2, 0.25) is 0 Å². The molecule has 1 heterocycles. The zero-order valence-corrected chi connectivity index (χ0v) is 9.84. The smallest absolute Gasteiger partial charge is 0.0348 e. The Hall–Kier alpha value is -1.48. The van der Waals surface area contributed by atoms with Crippen molar-refractivity contribution in [2.75, 3.05) is 0 Å². The molecule has 80 valence electrons. The van der Waals surface area contributed by atoms with Crippen molar-refractivity contribution in [2.24, 2.45) is 11.5 Å². The molecule has 0 aliphatic carbocycles. The average molecular weight is 220 g/mol. The Morgan fingerprint density at radius 1 is 1.33 bits per heavy atom. The fourth-order valence-corrected chi connectivity index (χ4v) is 2.33. The van der Waals surface area contributed by atoms with Crippen LogP contribution < -0.4 is 11.5 Å². The molecule has 0 fully saturated rings. The van der Waals surface area contributed by atoms with E-state index >= 15 is 0 Å². The van der Waals surface area contributed by atoms with Crippen LogP contribution in [0.5, 0.6) is 0 Å². The van der Waals surface area contributed by atoms with E-state index in [4.69, 9.17) is 11.5 Å². The third-order valence-corrected chi connectivity index (χ3v) is 3.09. The molecule has 0 aromatic carbocycles. The number of hydrogen-bond acceptors (Lipinski definition) is 3. The highest BCUT2D eigenvalue weighted by molar-refractivity contribution is 7.13. The normalized spacial score (nSPS) is 13.7. The first kappa shape index (κ1) is 11.6. The standard InChI is InChI=1S/C12H16N2S/c1-3-11(10(8-14)6-7-13)12-5-4-9(2)15-12/h3-8H,13-14H2,1-2H3/b7-6-,10-8-,11-3+. The molecule has 1 aromatic rings. The number of allylic oxidation sites excluding steroid dienone is 4. The van der Waals surface area contributed by atoms with E-state index in [1.807, 2.05) is 19.1 Å². The van der Waals surface area contributed by atoms with E-state index in [1.54, 1.807) is 17.5 Å². The summed E-state index contributed by atoms with van der Waals surface area (Å²) in [6, 6.07) is 4.20. The van der Waals surface area contributed by atoms with Crippen molar-refractivity contribution in [3.63, 3.8) is 0 Å². The van der Waals surface area contributed by atoms with Gasteiger partial charge in [-0.15, -0.1) is 11.3 Å². The lowest BCUT2D eigenvalue weighted by Crippen LogP contribution is -1.91. The van der Waals surface area contributed by atoms with Crippen LogP contribution in [0.1, 0.15) is 16.7 Å². The van der Waals surface area contributed by atoms with E-state index < -0.39 is 0 Å². The molecule has 2 nitrogen and oxygen atoms in total. The Balaban J connectivity index is 3.10. The predicted octanol–water partition coefficient (Wildman–Crippen LogP) is 2.77. The molecule has 0 unspecified atom stereocenters. The molecule has 0 aliphatic heterocycles. The third kappa shape index (κ3) is 2.73. The number of hydrogen-bond donors (Lipinski definition) is 2. The van der Waals surface area contributed by atoms with Crippen LogP contribution in [-0.2, 0) is 0 Å². The second kappa shape index (κ2) is 5.41. The van der Waals surface area contributed by atoms with Crippen LogP contribution in [0.4, 0.5) is 0 Å². The minimum Gasteiger partial charge on any atom is -0.405 e. The highest BCUT2D eigenvalue weighted by atomic mass is 32.1. The summed E-state index contributed by atoms with van der Waals surface area (Å²) >= 11 is 1.75. The zero-order valence-electron chi connectivity index (χ0n) is 9.03. The van der Waals surface area contributed by atoms with E-state index in [-0.39, 0.29) is 0 Å². The molecule has 15 heavy (non-hydrogen) atoms. The molecular formula is C12H16N2S. The molecule has 0 radical (unpaired) electrons. The number of nitrogens with two attached hydrogens (primary N) is 2. The van der Waals surface area contributed by atoms with Crippen molar-refractivity contribution in [2.45, 2.75) is 13.8 Å². The van der Waals surface area contributed by atoms with E-state index in [9.17, 15) is 0 Å². The molecule has 4 N–H and O–H groups in total. The summed E-state index contributed by atoms with van der Waals surface area (Å²) in [6.07, 6.45) is 6.94. The Labute approximate surface area is 94.6 Å². The van der Waals surface area contributed by atoms with E-state index in [0.717, 1.165) is 11.1 Å². The molecule has 0 aliphatic rings. The van der Waals surface area contributed by atoms with Gasteiger partial charge in [0.15, 0.2) is 0 Å². The Bertz CT molecular complexity index is 411. The Morgan fingerprint density at radius 2 is 2.07 bits per heavy atom. The van der Waals surface area contributed by atoms with Gasteiger partial charge in [-0.05, 0) is 49.4 Å². The topological polar surface area (TPSA) is 52.0 Å². The van der Waals surface area contributed by atoms with E-state index in [0.29, 0.717) is 0 Å². The molecule has 0 amide bonds. The van der Waals surface area contributed by atoms with Crippen molar-refractivity contribution in [3.05, 3.63) is 52.0 Å². The lowest BCUT2D eigenvalue weighted by atomic mass is 10.1. The minimum absolute atomic E-state index is 0.946. The fraction of sp³-hybridized carbons (Fsp3) is 0.167. The van der Waals surface area contributed by atoms with Crippen molar-refractivity contribution in [1.82, 2.24) is 0 Å². The van der Waals surface area contributed by atoms with Crippen LogP contribution >= 0.6 is 11.3 Å². The fourth-order valence-electron chi connectivity index (χ4n) is 1.37. The van der Waals surface area contributed by atoms with E-state index in [2.05, 4.69) is 19.1 Å². The molecule has 0 saturated carbocycles. The van der Waals surface area contributed by atoms with Gasteiger partial charge in [0, 0.05) is 16.0 Å². The SMILES string of the molecule is C\C=C(C(/C=C\N)=C\N)\c1ccc(C)s1. The molecule has 3 heteroatoms. The molecule has 1 aromatic heterocycles. The van der Waals surface area contributed by atoms with Gasteiger partial charge in [-0.1, -0.05) is 6.08 Å². The largest absolute Gasteiger partial charge is 0.405 e. The maximum Gasteiger partial charge on any atom is 0.0348 e. The van der Waals surface area contributed by atoms with Gasteiger partial charge in [0.05, 0.1) is 0 Å². The Kier molecular flexibility index (Phi) is 4.18. The molecule has 0 saturated heterocycles. The second-order valence-corrected chi connectivity index (χ2v) is 4.38. The molecule has 0 bridgehead atoms. The first-order valence-electron chi connectivity index (χ1n) is 4.76. The van der Waals surface area contributed by atoms with Crippen LogP contribution in [-0.4, -0.2) is 0 Å². The summed E-state index contributed by atoms with van der Waals surface area (Å²) in [7, 11) is 0. The summed E-state index contributed by atoms with van der Waals surface area (Å²) in [5.74, 6) is 0. The van der Waals surface area contributed by atoms with Crippen molar-refractivity contribution in [3.8, 4) is 0 Å². The zero-order chi connectivity index (χ0) is 11.3. The van der Waals surface area contributed by atoms with Crippen LogP contribution in [0.25, 0.3) is 5.57 Å².